The molecule has 0 aliphatic heterocycles. The Balaban J connectivity index is 1.65. The van der Waals surface area contributed by atoms with Crippen LogP contribution in [0.4, 0.5) is 5.69 Å². The highest BCUT2D eigenvalue weighted by Crippen LogP contribution is 2.45. The van der Waals surface area contributed by atoms with Gasteiger partial charge in [0.2, 0.25) is 5.52 Å². The first kappa shape index (κ1) is 17.5. The quantitative estimate of drug-likeness (QED) is 0.694. The van der Waals surface area contributed by atoms with Crippen molar-refractivity contribution in [1.82, 2.24) is 5.16 Å². The van der Waals surface area contributed by atoms with Crippen molar-refractivity contribution in [2.24, 2.45) is 0 Å². The van der Waals surface area contributed by atoms with E-state index >= 15 is 0 Å². The lowest BCUT2D eigenvalue weighted by Gasteiger charge is -2.42. The summed E-state index contributed by atoms with van der Waals surface area (Å²) in [6, 6.07) is 10.9. The Hall–Kier alpha value is -2.89. The van der Waals surface area contributed by atoms with Crippen LogP contribution < -0.4 is 10.2 Å². The lowest BCUT2D eigenvalue weighted by molar-refractivity contribution is -0.782. The second kappa shape index (κ2) is 5.81. The number of anilines is 1. The molecule has 0 atom stereocenters. The van der Waals surface area contributed by atoms with Gasteiger partial charge in [-0.3, -0.25) is 9.42 Å². The smallest absolute Gasteiger partial charge is 0.255 e. The number of carbonyl (C=O) groups is 1. The Kier molecular flexibility index (Phi) is 3.77. The zero-order chi connectivity index (χ0) is 19.4. The van der Waals surface area contributed by atoms with Crippen LogP contribution in [0, 0.1) is 5.21 Å². The molecule has 2 aromatic carbocycles. The van der Waals surface area contributed by atoms with Gasteiger partial charge >= 0.3 is 0 Å². The molecule has 0 radical (unpaired) electrons. The Bertz CT molecular complexity index is 1050. The molecule has 1 heterocycles. The first-order chi connectivity index (χ1) is 12.7. The molecule has 3 aromatic rings. The second-order valence-electron chi connectivity index (χ2n) is 8.62. The number of benzene rings is 2. The number of fused-ring (bicyclic) bond motifs is 2. The lowest BCUT2D eigenvalue weighted by Crippen LogP contribution is -2.34. The maximum Gasteiger partial charge on any atom is 0.255 e. The molecule has 0 bridgehead atoms. The molecule has 0 fully saturated rings. The Morgan fingerprint density at radius 2 is 1.78 bits per heavy atom. The monoisotopic (exact) mass is 365 g/mol. The van der Waals surface area contributed by atoms with Crippen LogP contribution in [0.2, 0.25) is 0 Å². The van der Waals surface area contributed by atoms with Crippen LogP contribution in [-0.2, 0) is 10.8 Å². The molecule has 0 saturated carbocycles. The van der Waals surface area contributed by atoms with E-state index in [-0.39, 0.29) is 16.7 Å². The van der Waals surface area contributed by atoms with Gasteiger partial charge in [-0.25, -0.2) is 0 Å². The first-order valence-corrected chi connectivity index (χ1v) is 9.13. The highest BCUT2D eigenvalue weighted by molar-refractivity contribution is 6.05. The van der Waals surface area contributed by atoms with Gasteiger partial charge in [0.1, 0.15) is 0 Å². The fourth-order valence-electron chi connectivity index (χ4n) is 3.89. The molecular weight excluding hydrogens is 342 g/mol. The summed E-state index contributed by atoms with van der Waals surface area (Å²) in [5.41, 5.74) is 4.64. The fourth-order valence-corrected chi connectivity index (χ4v) is 3.89. The van der Waals surface area contributed by atoms with Crippen LogP contribution in [0.15, 0.2) is 41.0 Å². The molecule has 0 saturated heterocycles. The molecule has 27 heavy (non-hydrogen) atoms. The van der Waals surface area contributed by atoms with E-state index in [4.69, 9.17) is 0 Å². The summed E-state index contributed by atoms with van der Waals surface area (Å²) in [7, 11) is 0. The van der Waals surface area contributed by atoms with Crippen LogP contribution >= 0.6 is 0 Å². The predicted octanol–water partition coefficient (Wildman–Crippen LogP) is 4.06. The van der Waals surface area contributed by atoms with Crippen LogP contribution in [0.5, 0.6) is 0 Å². The molecule has 0 unspecified atom stereocenters. The molecule has 1 aromatic heterocycles. The van der Waals surface area contributed by atoms with E-state index in [9.17, 15) is 10.0 Å². The molecule has 140 valence electrons. The Labute approximate surface area is 157 Å². The highest BCUT2D eigenvalue weighted by atomic mass is 16.8. The predicted molar refractivity (Wildman–Crippen MR) is 103 cm³/mol. The molecule has 1 aliphatic rings. The van der Waals surface area contributed by atoms with Crippen molar-refractivity contribution in [1.29, 1.82) is 0 Å². The van der Waals surface area contributed by atoms with Crippen molar-refractivity contribution in [2.45, 2.75) is 51.4 Å². The van der Waals surface area contributed by atoms with E-state index in [1.807, 2.05) is 12.1 Å². The van der Waals surface area contributed by atoms with Gasteiger partial charge in [0.25, 0.3) is 11.4 Å². The molecule has 6 nitrogen and oxygen atoms in total. The minimum Gasteiger partial charge on any atom is -0.359 e. The average molecular weight is 365 g/mol. The van der Waals surface area contributed by atoms with Crippen LogP contribution in [0.25, 0.3) is 11.0 Å². The number of rotatable bonds is 2. The summed E-state index contributed by atoms with van der Waals surface area (Å²) in [4.78, 5) is 13.1. The third kappa shape index (κ3) is 2.95. The Morgan fingerprint density at radius 1 is 1.07 bits per heavy atom. The SMILES string of the molecule is CC1(C)CCC(C)(C)c2cc(C(=O)Nc3ccc4c(c3)no[n+]4[O-])ccc21. The van der Waals surface area contributed by atoms with E-state index in [2.05, 4.69) is 48.9 Å². The largest absolute Gasteiger partial charge is 0.359 e. The van der Waals surface area contributed by atoms with Crippen LogP contribution in [0.1, 0.15) is 62.0 Å². The van der Waals surface area contributed by atoms with Crippen LogP contribution in [0.3, 0.4) is 0 Å². The van der Waals surface area contributed by atoms with Crippen molar-refractivity contribution < 1.29 is 14.3 Å². The summed E-state index contributed by atoms with van der Waals surface area (Å²) < 4.78 is 4.56. The van der Waals surface area contributed by atoms with Gasteiger partial charge in [-0.05, 0) is 64.0 Å². The minimum absolute atomic E-state index is 0.0442. The minimum atomic E-state index is -0.185. The molecule has 1 amide bonds. The fraction of sp³-hybridized carbons (Fsp3) is 0.381. The second-order valence-corrected chi connectivity index (χ2v) is 8.62. The average Bonchev–Trinajstić information content (AvgIpc) is 2.99. The molecular formula is C21H23N3O3. The number of aromatic nitrogens is 2. The van der Waals surface area contributed by atoms with E-state index in [1.54, 1.807) is 18.2 Å². The van der Waals surface area contributed by atoms with Gasteiger partial charge in [0.05, 0.1) is 0 Å². The lowest BCUT2D eigenvalue weighted by atomic mass is 9.63. The summed E-state index contributed by atoms with van der Waals surface area (Å²) >= 11 is 0. The van der Waals surface area contributed by atoms with Crippen molar-refractivity contribution in [2.75, 3.05) is 5.32 Å². The molecule has 1 N–H and O–H groups in total. The molecule has 4 rings (SSSR count). The van der Waals surface area contributed by atoms with E-state index < -0.39 is 0 Å². The summed E-state index contributed by atoms with van der Waals surface area (Å²) in [6.45, 7) is 8.99. The van der Waals surface area contributed by atoms with Crippen molar-refractivity contribution in [3.63, 3.8) is 0 Å². The van der Waals surface area contributed by atoms with Gasteiger partial charge in [-0.15, -0.1) is 0 Å². The summed E-state index contributed by atoms with van der Waals surface area (Å²) in [5, 5.41) is 17.9. The third-order valence-electron chi connectivity index (χ3n) is 5.76. The van der Waals surface area contributed by atoms with Gasteiger partial charge in [0, 0.05) is 22.5 Å². The topological polar surface area (TPSA) is 82.1 Å². The number of nitrogens with zero attached hydrogens (tertiary/aromatic N) is 2. The maximum atomic E-state index is 12.8. The number of hydrogen-bond acceptors (Lipinski definition) is 4. The van der Waals surface area contributed by atoms with E-state index in [0.29, 0.717) is 27.2 Å². The summed E-state index contributed by atoms with van der Waals surface area (Å²) in [5.74, 6) is -0.185. The van der Waals surface area contributed by atoms with E-state index in [0.717, 1.165) is 12.8 Å². The van der Waals surface area contributed by atoms with Gasteiger partial charge in [-0.1, -0.05) is 33.8 Å². The van der Waals surface area contributed by atoms with Crippen molar-refractivity contribution in [3.8, 4) is 0 Å². The molecule has 1 aliphatic carbocycles. The normalized spacial score (nSPS) is 17.5. The maximum absolute atomic E-state index is 12.8. The number of nitrogens with one attached hydrogen (secondary N) is 1. The van der Waals surface area contributed by atoms with Gasteiger partial charge in [0.15, 0.2) is 0 Å². The van der Waals surface area contributed by atoms with Crippen LogP contribution in [-0.4, -0.2) is 11.1 Å². The van der Waals surface area contributed by atoms with E-state index in [1.165, 1.54) is 11.1 Å². The molecule has 0 spiro atoms. The summed E-state index contributed by atoms with van der Waals surface area (Å²) in [6.07, 6.45) is 2.23. The molecule has 6 heteroatoms. The zero-order valence-corrected chi connectivity index (χ0v) is 16.0. The zero-order valence-electron chi connectivity index (χ0n) is 16.0. The van der Waals surface area contributed by atoms with Gasteiger partial charge in [-0.2, -0.15) is 0 Å². The third-order valence-corrected chi connectivity index (χ3v) is 5.76. The highest BCUT2D eigenvalue weighted by Gasteiger charge is 2.37. The first-order valence-electron chi connectivity index (χ1n) is 9.13. The number of carbonyl (C=O) groups excluding carboxylic acids is 1. The van der Waals surface area contributed by atoms with Gasteiger partial charge < -0.3 is 10.5 Å². The Morgan fingerprint density at radius 3 is 2.52 bits per heavy atom. The standard InChI is InChI=1S/C21H23N3O3/c1-20(2)9-10-21(3,4)16-11-13(5-7-15(16)20)19(25)22-14-6-8-18-17(12-14)23-27-24(18)26/h5-8,11-12H,9-10H2,1-4H3,(H,22,25). The number of amides is 1. The van der Waals surface area contributed by atoms with Crippen molar-refractivity contribution in [3.05, 3.63) is 58.3 Å². The number of hydrogen-bond donors (Lipinski definition) is 1. The van der Waals surface area contributed by atoms with Crippen molar-refractivity contribution >= 4 is 22.6 Å².